The van der Waals surface area contributed by atoms with Gasteiger partial charge in [-0.25, -0.2) is 0 Å². The Labute approximate surface area is 116 Å². The van der Waals surface area contributed by atoms with Gasteiger partial charge >= 0.3 is 0 Å². The Morgan fingerprint density at radius 3 is 2.78 bits per heavy atom. The fraction of sp³-hybridized carbons (Fsp3) is 0.600. The zero-order chi connectivity index (χ0) is 13.4. The summed E-state index contributed by atoms with van der Waals surface area (Å²) in [5, 5.41) is 4.21. The van der Waals surface area contributed by atoms with Gasteiger partial charge < -0.3 is 10.1 Å². The van der Waals surface area contributed by atoms with Crippen molar-refractivity contribution < 1.29 is 4.74 Å². The van der Waals surface area contributed by atoms with Crippen LogP contribution in [-0.2, 0) is 0 Å². The van der Waals surface area contributed by atoms with Gasteiger partial charge in [-0.3, -0.25) is 0 Å². The molecule has 1 aromatic rings. The number of rotatable bonds is 8. The molecule has 1 rings (SSSR count). The van der Waals surface area contributed by atoms with Gasteiger partial charge in [-0.15, -0.1) is 0 Å². The highest BCUT2D eigenvalue weighted by Gasteiger charge is 2.01. The summed E-state index contributed by atoms with van der Waals surface area (Å²) < 4.78 is 5.70. The molecule has 0 radical (unpaired) electrons. The summed E-state index contributed by atoms with van der Waals surface area (Å²) in [4.78, 5) is 0. The number of aryl methyl sites for hydroxylation is 1. The monoisotopic (exact) mass is 269 g/mol. The largest absolute Gasteiger partial charge is 0.494 e. The van der Waals surface area contributed by atoms with Crippen LogP contribution in [0.5, 0.6) is 5.75 Å². The highest BCUT2D eigenvalue weighted by atomic mass is 35.5. The van der Waals surface area contributed by atoms with E-state index in [9.17, 15) is 0 Å². The maximum absolute atomic E-state index is 5.97. The summed E-state index contributed by atoms with van der Waals surface area (Å²) in [6.07, 6.45) is 3.50. The summed E-state index contributed by atoms with van der Waals surface area (Å²) in [6, 6.07) is 6.41. The molecule has 0 amide bonds. The van der Waals surface area contributed by atoms with Crippen molar-refractivity contribution >= 4 is 11.6 Å². The van der Waals surface area contributed by atoms with Gasteiger partial charge in [-0.05, 0) is 63.4 Å². The molecule has 1 aromatic carbocycles. The maximum atomic E-state index is 5.97. The highest BCUT2D eigenvalue weighted by Crippen LogP contribution is 2.21. The first-order valence-corrected chi connectivity index (χ1v) is 7.13. The van der Waals surface area contributed by atoms with Gasteiger partial charge in [0.2, 0.25) is 0 Å². The Bertz CT molecular complexity index is 354. The molecule has 1 atom stereocenters. The summed E-state index contributed by atoms with van der Waals surface area (Å²) in [7, 11) is 0. The summed E-state index contributed by atoms with van der Waals surface area (Å²) >= 11 is 5.97. The van der Waals surface area contributed by atoms with E-state index >= 15 is 0 Å². The van der Waals surface area contributed by atoms with Crippen LogP contribution in [0.1, 0.15) is 38.7 Å². The molecular weight excluding hydrogens is 246 g/mol. The van der Waals surface area contributed by atoms with Crippen LogP contribution in [0, 0.1) is 6.92 Å². The van der Waals surface area contributed by atoms with Crippen molar-refractivity contribution in [2.45, 2.75) is 46.1 Å². The number of unbranched alkanes of at least 4 members (excludes halogenated alkanes) is 1. The van der Waals surface area contributed by atoms with Crippen LogP contribution < -0.4 is 10.1 Å². The van der Waals surface area contributed by atoms with Gasteiger partial charge in [0, 0.05) is 11.1 Å². The van der Waals surface area contributed by atoms with E-state index in [1.54, 1.807) is 0 Å². The van der Waals surface area contributed by atoms with E-state index in [0.29, 0.717) is 6.04 Å². The number of nitrogens with one attached hydrogen (secondary N) is 1. The van der Waals surface area contributed by atoms with Crippen LogP contribution in [0.4, 0.5) is 0 Å². The average molecular weight is 270 g/mol. The molecule has 0 fully saturated rings. The second kappa shape index (κ2) is 8.39. The van der Waals surface area contributed by atoms with E-state index in [1.165, 1.54) is 12.8 Å². The molecule has 0 bridgehead atoms. The van der Waals surface area contributed by atoms with Crippen molar-refractivity contribution in [3.8, 4) is 5.75 Å². The summed E-state index contributed by atoms with van der Waals surface area (Å²) in [6.45, 7) is 8.18. The zero-order valence-corrected chi connectivity index (χ0v) is 12.4. The SMILES string of the molecule is CCNC(C)CCCCOc1ccc(Cl)c(C)c1. The molecule has 2 nitrogen and oxygen atoms in total. The first kappa shape index (κ1) is 15.3. The molecule has 0 aliphatic rings. The van der Waals surface area contributed by atoms with Gasteiger partial charge in [0.25, 0.3) is 0 Å². The highest BCUT2D eigenvalue weighted by molar-refractivity contribution is 6.31. The van der Waals surface area contributed by atoms with Crippen LogP contribution in [0.15, 0.2) is 18.2 Å². The molecular formula is C15H24ClNO. The van der Waals surface area contributed by atoms with Crippen molar-refractivity contribution in [1.29, 1.82) is 0 Å². The Morgan fingerprint density at radius 2 is 2.11 bits per heavy atom. The van der Waals surface area contributed by atoms with Gasteiger partial charge in [-0.2, -0.15) is 0 Å². The number of benzene rings is 1. The third-order valence-corrected chi connectivity index (χ3v) is 3.41. The lowest BCUT2D eigenvalue weighted by atomic mass is 10.1. The summed E-state index contributed by atoms with van der Waals surface area (Å²) in [5.74, 6) is 0.914. The van der Waals surface area contributed by atoms with E-state index in [0.717, 1.165) is 35.9 Å². The maximum Gasteiger partial charge on any atom is 0.119 e. The normalized spacial score (nSPS) is 12.4. The minimum absolute atomic E-state index is 0.604. The molecule has 1 N–H and O–H groups in total. The minimum atomic E-state index is 0.604. The van der Waals surface area contributed by atoms with E-state index in [1.807, 2.05) is 25.1 Å². The predicted molar refractivity (Wildman–Crippen MR) is 78.7 cm³/mol. The number of halogens is 1. The van der Waals surface area contributed by atoms with E-state index in [2.05, 4.69) is 19.2 Å². The average Bonchev–Trinajstić information content (AvgIpc) is 2.33. The van der Waals surface area contributed by atoms with Crippen LogP contribution in [0.2, 0.25) is 5.02 Å². The molecule has 0 aliphatic heterocycles. The molecule has 0 saturated heterocycles. The Morgan fingerprint density at radius 1 is 1.33 bits per heavy atom. The molecule has 0 aliphatic carbocycles. The van der Waals surface area contributed by atoms with Crippen molar-refractivity contribution in [1.82, 2.24) is 5.32 Å². The van der Waals surface area contributed by atoms with Gasteiger partial charge in [0.05, 0.1) is 6.61 Å². The van der Waals surface area contributed by atoms with E-state index in [-0.39, 0.29) is 0 Å². The smallest absolute Gasteiger partial charge is 0.119 e. The predicted octanol–water partition coefficient (Wildman–Crippen LogP) is 4.20. The number of hydrogen-bond acceptors (Lipinski definition) is 2. The first-order valence-electron chi connectivity index (χ1n) is 6.75. The molecule has 0 saturated carbocycles. The lowest BCUT2D eigenvalue weighted by Gasteiger charge is -2.12. The first-order chi connectivity index (χ1) is 8.63. The van der Waals surface area contributed by atoms with Crippen LogP contribution in [0.25, 0.3) is 0 Å². The quantitative estimate of drug-likeness (QED) is 0.715. The fourth-order valence-electron chi connectivity index (χ4n) is 1.90. The second-order valence-electron chi connectivity index (χ2n) is 4.71. The Kier molecular flexibility index (Phi) is 7.14. The van der Waals surface area contributed by atoms with Gasteiger partial charge in [-0.1, -0.05) is 18.5 Å². The van der Waals surface area contributed by atoms with Crippen molar-refractivity contribution in [2.24, 2.45) is 0 Å². The number of ether oxygens (including phenoxy) is 1. The summed E-state index contributed by atoms with van der Waals surface area (Å²) in [5.41, 5.74) is 1.06. The number of hydrogen-bond donors (Lipinski definition) is 1. The molecule has 102 valence electrons. The molecule has 1 unspecified atom stereocenters. The van der Waals surface area contributed by atoms with E-state index < -0.39 is 0 Å². The van der Waals surface area contributed by atoms with Crippen LogP contribution >= 0.6 is 11.6 Å². The standard InChI is InChI=1S/C15H24ClNO/c1-4-17-13(3)7-5-6-10-18-14-8-9-15(16)12(2)11-14/h8-9,11,13,17H,4-7,10H2,1-3H3. The lowest BCUT2D eigenvalue weighted by Crippen LogP contribution is -2.25. The second-order valence-corrected chi connectivity index (χ2v) is 5.12. The van der Waals surface area contributed by atoms with Crippen molar-refractivity contribution in [3.05, 3.63) is 28.8 Å². The zero-order valence-electron chi connectivity index (χ0n) is 11.6. The van der Waals surface area contributed by atoms with Gasteiger partial charge in [0.1, 0.15) is 5.75 Å². The van der Waals surface area contributed by atoms with E-state index in [4.69, 9.17) is 16.3 Å². The Balaban J connectivity index is 2.16. The van der Waals surface area contributed by atoms with Crippen molar-refractivity contribution in [3.63, 3.8) is 0 Å². The Hall–Kier alpha value is -0.730. The van der Waals surface area contributed by atoms with Crippen LogP contribution in [-0.4, -0.2) is 19.2 Å². The third-order valence-electron chi connectivity index (χ3n) is 2.98. The fourth-order valence-corrected chi connectivity index (χ4v) is 2.02. The van der Waals surface area contributed by atoms with Crippen LogP contribution in [0.3, 0.4) is 0 Å². The molecule has 0 heterocycles. The lowest BCUT2D eigenvalue weighted by molar-refractivity contribution is 0.301. The molecule has 0 spiro atoms. The van der Waals surface area contributed by atoms with Gasteiger partial charge in [0.15, 0.2) is 0 Å². The third kappa shape index (κ3) is 5.74. The molecule has 3 heteroatoms. The van der Waals surface area contributed by atoms with Crippen molar-refractivity contribution in [2.75, 3.05) is 13.2 Å². The minimum Gasteiger partial charge on any atom is -0.494 e. The topological polar surface area (TPSA) is 21.3 Å². The molecule has 18 heavy (non-hydrogen) atoms. The molecule has 0 aromatic heterocycles.